The number of rotatable bonds is 8. The summed E-state index contributed by atoms with van der Waals surface area (Å²) in [5.74, 6) is 0. The van der Waals surface area contributed by atoms with Crippen molar-refractivity contribution in [2.24, 2.45) is 0 Å². The largest absolute Gasteiger partial charge is 0.366 e. The molecule has 0 aliphatic carbocycles. The zero-order chi connectivity index (χ0) is 18.4. The normalized spacial score (nSPS) is 15.6. The summed E-state index contributed by atoms with van der Waals surface area (Å²) >= 11 is 0. The summed E-state index contributed by atoms with van der Waals surface area (Å²) in [7, 11) is 0.0745. The van der Waals surface area contributed by atoms with Gasteiger partial charge in [-0.1, -0.05) is 0 Å². The second-order valence-electron chi connectivity index (χ2n) is 6.51. The maximum Gasteiger partial charge on any atom is 0.293 e. The molecule has 140 valence electrons. The molecular formula is C16H26N4O4S. The minimum atomic E-state index is -3.75. The van der Waals surface area contributed by atoms with Crippen LogP contribution >= 0.6 is 0 Å². The first kappa shape index (κ1) is 19.6. The van der Waals surface area contributed by atoms with Gasteiger partial charge in [0.25, 0.3) is 5.69 Å². The van der Waals surface area contributed by atoms with Gasteiger partial charge in [-0.05, 0) is 58.5 Å². The Balaban J connectivity index is 2.18. The van der Waals surface area contributed by atoms with Gasteiger partial charge in [0.2, 0.25) is 10.0 Å². The van der Waals surface area contributed by atoms with Gasteiger partial charge in [0.05, 0.1) is 9.82 Å². The molecule has 9 heteroatoms. The average Bonchev–Trinajstić information content (AvgIpc) is 2.59. The van der Waals surface area contributed by atoms with E-state index in [4.69, 9.17) is 0 Å². The van der Waals surface area contributed by atoms with Crippen LogP contribution in [0, 0.1) is 10.1 Å². The smallest absolute Gasteiger partial charge is 0.293 e. The molecule has 1 N–H and O–H groups in total. The number of nitrogens with zero attached hydrogens (tertiary/aromatic N) is 3. The monoisotopic (exact) mass is 370 g/mol. The van der Waals surface area contributed by atoms with E-state index in [1.807, 2.05) is 23.9 Å². The summed E-state index contributed by atoms with van der Waals surface area (Å²) in [6.45, 7) is 2.57. The van der Waals surface area contributed by atoms with E-state index < -0.39 is 14.9 Å². The fraction of sp³-hybridized carbons (Fsp3) is 0.625. The van der Waals surface area contributed by atoms with Gasteiger partial charge in [0.15, 0.2) is 0 Å². The molecule has 1 aliphatic heterocycles. The van der Waals surface area contributed by atoms with Gasteiger partial charge in [-0.3, -0.25) is 10.1 Å². The van der Waals surface area contributed by atoms with Gasteiger partial charge < -0.3 is 9.80 Å². The Morgan fingerprint density at radius 2 is 1.92 bits per heavy atom. The van der Waals surface area contributed by atoms with Gasteiger partial charge in [0.1, 0.15) is 5.69 Å². The van der Waals surface area contributed by atoms with Crippen molar-refractivity contribution in [3.8, 4) is 0 Å². The Labute approximate surface area is 149 Å². The SMILES string of the molecule is CN(C)CCCNS(=O)(=O)c1ccc(N2CCCCC2)c([N+](=O)[O-])c1. The predicted molar refractivity (Wildman–Crippen MR) is 97.5 cm³/mol. The fourth-order valence-electron chi connectivity index (χ4n) is 2.90. The van der Waals surface area contributed by atoms with E-state index in [-0.39, 0.29) is 10.6 Å². The van der Waals surface area contributed by atoms with E-state index in [1.165, 1.54) is 6.07 Å². The van der Waals surface area contributed by atoms with Crippen LogP contribution in [0.15, 0.2) is 23.1 Å². The summed E-state index contributed by atoms with van der Waals surface area (Å²) in [5, 5.41) is 11.4. The number of hydrogen-bond acceptors (Lipinski definition) is 6. The van der Waals surface area contributed by atoms with Crippen LogP contribution in [0.1, 0.15) is 25.7 Å². The van der Waals surface area contributed by atoms with E-state index in [0.29, 0.717) is 18.7 Å². The van der Waals surface area contributed by atoms with E-state index in [0.717, 1.165) is 45.0 Å². The lowest BCUT2D eigenvalue weighted by Gasteiger charge is -2.28. The lowest BCUT2D eigenvalue weighted by atomic mass is 10.1. The van der Waals surface area contributed by atoms with Crippen LogP contribution in [-0.4, -0.2) is 58.5 Å². The number of nitro benzene ring substituents is 1. The zero-order valence-electron chi connectivity index (χ0n) is 14.8. The number of nitro groups is 1. The molecule has 0 aromatic heterocycles. The van der Waals surface area contributed by atoms with Crippen molar-refractivity contribution in [3.63, 3.8) is 0 Å². The van der Waals surface area contributed by atoms with Gasteiger partial charge >= 0.3 is 0 Å². The predicted octanol–water partition coefficient (Wildman–Crippen LogP) is 1.82. The van der Waals surface area contributed by atoms with E-state index in [9.17, 15) is 18.5 Å². The second-order valence-corrected chi connectivity index (χ2v) is 8.28. The molecule has 0 saturated carbocycles. The maximum atomic E-state index is 12.4. The number of sulfonamides is 1. The Bertz CT molecular complexity index is 700. The first-order chi connectivity index (χ1) is 11.8. The molecule has 2 rings (SSSR count). The topological polar surface area (TPSA) is 95.8 Å². The summed E-state index contributed by atoms with van der Waals surface area (Å²) in [6, 6.07) is 4.17. The van der Waals surface area contributed by atoms with Crippen LogP contribution in [0.25, 0.3) is 0 Å². The maximum absolute atomic E-state index is 12.4. The Morgan fingerprint density at radius 1 is 1.24 bits per heavy atom. The van der Waals surface area contributed by atoms with E-state index in [2.05, 4.69) is 4.72 Å². The van der Waals surface area contributed by atoms with Gasteiger partial charge in [0, 0.05) is 25.7 Å². The molecule has 0 unspecified atom stereocenters. The molecule has 0 atom stereocenters. The van der Waals surface area contributed by atoms with Crippen LogP contribution in [0.2, 0.25) is 0 Å². The Morgan fingerprint density at radius 3 is 2.52 bits per heavy atom. The molecular weight excluding hydrogens is 344 g/mol. The third kappa shape index (κ3) is 5.38. The van der Waals surface area contributed by atoms with Crippen molar-refractivity contribution in [2.45, 2.75) is 30.6 Å². The number of benzene rings is 1. The minimum Gasteiger partial charge on any atom is -0.366 e. The zero-order valence-corrected chi connectivity index (χ0v) is 15.6. The molecule has 0 radical (unpaired) electrons. The van der Waals surface area contributed by atoms with E-state index >= 15 is 0 Å². The first-order valence-electron chi connectivity index (χ1n) is 8.49. The molecule has 1 aromatic rings. The molecule has 0 bridgehead atoms. The van der Waals surface area contributed by atoms with Crippen LogP contribution in [0.5, 0.6) is 0 Å². The van der Waals surface area contributed by atoms with E-state index in [1.54, 1.807) is 6.07 Å². The fourth-order valence-corrected chi connectivity index (χ4v) is 4.00. The summed E-state index contributed by atoms with van der Waals surface area (Å²) in [5.41, 5.74) is 0.342. The van der Waals surface area contributed by atoms with Crippen molar-refractivity contribution in [1.29, 1.82) is 0 Å². The molecule has 8 nitrogen and oxygen atoms in total. The number of nitrogens with one attached hydrogen (secondary N) is 1. The van der Waals surface area contributed by atoms with Gasteiger partial charge in [-0.15, -0.1) is 0 Å². The lowest BCUT2D eigenvalue weighted by Crippen LogP contribution is -2.30. The number of hydrogen-bond donors (Lipinski definition) is 1. The molecule has 1 aromatic carbocycles. The summed E-state index contributed by atoms with van der Waals surface area (Å²) < 4.78 is 27.3. The van der Waals surface area contributed by atoms with Crippen molar-refractivity contribution in [1.82, 2.24) is 9.62 Å². The highest BCUT2D eigenvalue weighted by atomic mass is 32.2. The second kappa shape index (κ2) is 8.59. The third-order valence-electron chi connectivity index (χ3n) is 4.22. The van der Waals surface area contributed by atoms with Crippen LogP contribution in [0.4, 0.5) is 11.4 Å². The van der Waals surface area contributed by atoms with Crippen molar-refractivity contribution in [2.75, 3.05) is 45.2 Å². The van der Waals surface area contributed by atoms with Crippen molar-refractivity contribution < 1.29 is 13.3 Å². The third-order valence-corrected chi connectivity index (χ3v) is 5.68. The Kier molecular flexibility index (Phi) is 6.74. The first-order valence-corrected chi connectivity index (χ1v) is 9.97. The summed E-state index contributed by atoms with van der Waals surface area (Å²) in [6.07, 6.45) is 3.77. The quantitative estimate of drug-likeness (QED) is 0.426. The van der Waals surface area contributed by atoms with Crippen molar-refractivity contribution >= 4 is 21.4 Å². The molecule has 1 fully saturated rings. The highest BCUT2D eigenvalue weighted by molar-refractivity contribution is 7.89. The molecule has 0 amide bonds. The lowest BCUT2D eigenvalue weighted by molar-refractivity contribution is -0.384. The molecule has 0 spiro atoms. The van der Waals surface area contributed by atoms with Gasteiger partial charge in [-0.25, -0.2) is 13.1 Å². The Hall–Kier alpha value is -1.71. The summed E-state index contributed by atoms with van der Waals surface area (Å²) in [4.78, 5) is 14.8. The molecule has 1 heterocycles. The average molecular weight is 370 g/mol. The molecule has 1 saturated heterocycles. The number of anilines is 1. The highest BCUT2D eigenvalue weighted by Gasteiger charge is 2.25. The minimum absolute atomic E-state index is 0.0650. The standard InChI is InChI=1S/C16H26N4O4S/c1-18(2)10-6-9-17-25(23,24)14-7-8-15(16(13-14)20(21)22)19-11-4-3-5-12-19/h7-8,13,17H,3-6,9-12H2,1-2H3. The van der Waals surface area contributed by atoms with Crippen LogP contribution < -0.4 is 9.62 Å². The number of piperidine rings is 1. The van der Waals surface area contributed by atoms with Crippen LogP contribution in [-0.2, 0) is 10.0 Å². The van der Waals surface area contributed by atoms with Crippen LogP contribution in [0.3, 0.4) is 0 Å². The van der Waals surface area contributed by atoms with Gasteiger partial charge in [-0.2, -0.15) is 0 Å². The molecule has 1 aliphatic rings. The molecule has 25 heavy (non-hydrogen) atoms. The van der Waals surface area contributed by atoms with Crippen molar-refractivity contribution in [3.05, 3.63) is 28.3 Å². The highest BCUT2D eigenvalue weighted by Crippen LogP contribution is 2.32.